The van der Waals surface area contributed by atoms with Crippen LogP contribution in [0.2, 0.25) is 0 Å². The Morgan fingerprint density at radius 1 is 1.14 bits per heavy atom. The van der Waals surface area contributed by atoms with E-state index in [-0.39, 0.29) is 10.8 Å². The molecule has 0 heterocycles. The van der Waals surface area contributed by atoms with E-state index in [1.54, 1.807) is 0 Å². The zero-order valence-corrected chi connectivity index (χ0v) is 13.5. The van der Waals surface area contributed by atoms with Gasteiger partial charge in [0.1, 0.15) is 0 Å². The van der Waals surface area contributed by atoms with E-state index < -0.39 is 10.0 Å². The van der Waals surface area contributed by atoms with Crippen molar-refractivity contribution >= 4 is 15.9 Å². The predicted molar refractivity (Wildman–Crippen MR) is 82.8 cm³/mol. The first-order chi connectivity index (χ1) is 9.86. The molecular weight excluding hydrogens is 290 g/mol. The number of amides is 1. The van der Waals surface area contributed by atoms with Crippen molar-refractivity contribution in [1.82, 2.24) is 15.4 Å². The van der Waals surface area contributed by atoms with Crippen LogP contribution in [0.1, 0.15) is 30.6 Å². The summed E-state index contributed by atoms with van der Waals surface area (Å²) >= 11 is 0. The molecule has 1 aromatic carbocycles. The van der Waals surface area contributed by atoms with Crippen molar-refractivity contribution in [3.8, 4) is 0 Å². The highest BCUT2D eigenvalue weighted by molar-refractivity contribution is 7.89. The number of nitrogens with one attached hydrogen (secondary N) is 3. The van der Waals surface area contributed by atoms with Crippen molar-refractivity contribution in [1.29, 1.82) is 0 Å². The van der Waals surface area contributed by atoms with Gasteiger partial charge in [-0.3, -0.25) is 4.79 Å². The van der Waals surface area contributed by atoms with Crippen molar-refractivity contribution in [3.63, 3.8) is 0 Å². The van der Waals surface area contributed by atoms with Crippen LogP contribution in [-0.4, -0.2) is 40.5 Å². The van der Waals surface area contributed by atoms with Crippen LogP contribution in [0, 0.1) is 0 Å². The Morgan fingerprint density at radius 3 is 2.29 bits per heavy atom. The Hall–Kier alpha value is -1.44. The first kappa shape index (κ1) is 17.6. The van der Waals surface area contributed by atoms with Gasteiger partial charge in [0, 0.05) is 25.2 Å². The third-order valence-corrected chi connectivity index (χ3v) is 4.33. The van der Waals surface area contributed by atoms with Gasteiger partial charge >= 0.3 is 0 Å². The SMILES string of the molecule is CNC(=O)c1ccc(S(=O)(=O)NCCCNC(C)C)cc1. The summed E-state index contributed by atoms with van der Waals surface area (Å²) < 4.78 is 26.6. The summed E-state index contributed by atoms with van der Waals surface area (Å²) in [7, 11) is -1.99. The molecule has 0 aliphatic rings. The van der Waals surface area contributed by atoms with Gasteiger partial charge in [0.05, 0.1) is 4.90 Å². The molecule has 0 atom stereocenters. The molecule has 3 N–H and O–H groups in total. The monoisotopic (exact) mass is 313 g/mol. The van der Waals surface area contributed by atoms with Gasteiger partial charge in [-0.25, -0.2) is 13.1 Å². The average molecular weight is 313 g/mol. The van der Waals surface area contributed by atoms with E-state index in [2.05, 4.69) is 15.4 Å². The van der Waals surface area contributed by atoms with E-state index >= 15 is 0 Å². The minimum Gasteiger partial charge on any atom is -0.355 e. The minimum atomic E-state index is -3.52. The molecule has 0 unspecified atom stereocenters. The van der Waals surface area contributed by atoms with E-state index in [1.165, 1.54) is 31.3 Å². The fourth-order valence-electron chi connectivity index (χ4n) is 1.70. The van der Waals surface area contributed by atoms with Gasteiger partial charge < -0.3 is 10.6 Å². The highest BCUT2D eigenvalue weighted by atomic mass is 32.2. The molecule has 0 aliphatic carbocycles. The molecule has 21 heavy (non-hydrogen) atoms. The maximum absolute atomic E-state index is 12.0. The standard InChI is InChI=1S/C14H23N3O3S/c1-11(2)16-9-4-10-17-21(19,20)13-7-5-12(6-8-13)14(18)15-3/h5-8,11,16-17H,4,9-10H2,1-3H3,(H,15,18). The van der Waals surface area contributed by atoms with Crippen LogP contribution < -0.4 is 15.4 Å². The Bertz CT molecular complexity index is 553. The lowest BCUT2D eigenvalue weighted by Crippen LogP contribution is -2.29. The maximum atomic E-state index is 12.0. The van der Waals surface area contributed by atoms with Crippen molar-refractivity contribution in [2.24, 2.45) is 0 Å². The zero-order valence-electron chi connectivity index (χ0n) is 12.6. The normalized spacial score (nSPS) is 11.6. The first-order valence-corrected chi connectivity index (χ1v) is 8.40. The lowest BCUT2D eigenvalue weighted by atomic mass is 10.2. The third-order valence-electron chi connectivity index (χ3n) is 2.85. The lowest BCUT2D eigenvalue weighted by molar-refractivity contribution is 0.0963. The summed E-state index contributed by atoms with van der Waals surface area (Å²) in [5, 5.41) is 5.70. The van der Waals surface area contributed by atoms with Gasteiger partial charge in [-0.2, -0.15) is 0 Å². The van der Waals surface area contributed by atoms with Crippen LogP contribution >= 0.6 is 0 Å². The molecule has 0 saturated heterocycles. The summed E-state index contributed by atoms with van der Waals surface area (Å²) in [6.07, 6.45) is 0.716. The second-order valence-electron chi connectivity index (χ2n) is 4.96. The molecular formula is C14H23N3O3S. The Morgan fingerprint density at radius 2 is 1.76 bits per heavy atom. The number of rotatable bonds is 8. The summed E-state index contributed by atoms with van der Waals surface area (Å²) in [5.74, 6) is -0.244. The van der Waals surface area contributed by atoms with Crippen LogP contribution in [0.5, 0.6) is 0 Å². The lowest BCUT2D eigenvalue weighted by Gasteiger charge is -2.09. The molecule has 6 nitrogen and oxygen atoms in total. The second-order valence-corrected chi connectivity index (χ2v) is 6.73. The Balaban J connectivity index is 2.56. The largest absolute Gasteiger partial charge is 0.355 e. The number of carbonyl (C=O) groups is 1. The molecule has 0 bridgehead atoms. The first-order valence-electron chi connectivity index (χ1n) is 6.92. The second kappa shape index (κ2) is 8.11. The quantitative estimate of drug-likeness (QED) is 0.617. The zero-order chi connectivity index (χ0) is 15.9. The molecule has 0 saturated carbocycles. The fourth-order valence-corrected chi connectivity index (χ4v) is 2.77. The molecule has 0 fully saturated rings. The molecule has 118 valence electrons. The highest BCUT2D eigenvalue weighted by Crippen LogP contribution is 2.10. The van der Waals surface area contributed by atoms with Crippen molar-refractivity contribution in [2.45, 2.75) is 31.2 Å². The number of carbonyl (C=O) groups excluding carboxylic acids is 1. The van der Waals surface area contributed by atoms with E-state index in [9.17, 15) is 13.2 Å². The van der Waals surface area contributed by atoms with Crippen LogP contribution in [0.15, 0.2) is 29.2 Å². The molecule has 7 heteroatoms. The molecule has 0 aromatic heterocycles. The van der Waals surface area contributed by atoms with Gasteiger partial charge in [0.25, 0.3) is 5.91 Å². The molecule has 1 amide bonds. The van der Waals surface area contributed by atoms with Gasteiger partial charge in [-0.15, -0.1) is 0 Å². The van der Waals surface area contributed by atoms with Gasteiger partial charge in [0.15, 0.2) is 0 Å². The van der Waals surface area contributed by atoms with E-state index in [1.807, 2.05) is 13.8 Å². The molecule has 1 rings (SSSR count). The smallest absolute Gasteiger partial charge is 0.251 e. The summed E-state index contributed by atoms with van der Waals surface area (Å²) in [6, 6.07) is 6.24. The van der Waals surface area contributed by atoms with Crippen LogP contribution in [-0.2, 0) is 10.0 Å². The number of hydrogen-bond acceptors (Lipinski definition) is 4. The highest BCUT2D eigenvalue weighted by Gasteiger charge is 2.13. The molecule has 0 aliphatic heterocycles. The van der Waals surface area contributed by atoms with Crippen molar-refractivity contribution in [3.05, 3.63) is 29.8 Å². The van der Waals surface area contributed by atoms with Gasteiger partial charge in [-0.05, 0) is 37.2 Å². The molecule has 1 aromatic rings. The number of hydrogen-bond donors (Lipinski definition) is 3. The Labute approximate surface area is 126 Å². The fraction of sp³-hybridized carbons (Fsp3) is 0.500. The number of benzene rings is 1. The van der Waals surface area contributed by atoms with Gasteiger partial charge in [0.2, 0.25) is 10.0 Å². The third kappa shape index (κ3) is 5.82. The van der Waals surface area contributed by atoms with Crippen molar-refractivity contribution < 1.29 is 13.2 Å². The molecule has 0 radical (unpaired) electrons. The van der Waals surface area contributed by atoms with Crippen LogP contribution in [0.4, 0.5) is 0 Å². The van der Waals surface area contributed by atoms with Gasteiger partial charge in [-0.1, -0.05) is 13.8 Å². The van der Waals surface area contributed by atoms with Crippen LogP contribution in [0.3, 0.4) is 0 Å². The summed E-state index contributed by atoms with van der Waals surface area (Å²) in [6.45, 7) is 5.21. The van der Waals surface area contributed by atoms with E-state index in [0.717, 1.165) is 6.54 Å². The number of sulfonamides is 1. The van der Waals surface area contributed by atoms with E-state index in [4.69, 9.17) is 0 Å². The molecule has 0 spiro atoms. The van der Waals surface area contributed by atoms with Crippen LogP contribution in [0.25, 0.3) is 0 Å². The summed E-state index contributed by atoms with van der Waals surface area (Å²) in [4.78, 5) is 11.5. The maximum Gasteiger partial charge on any atom is 0.251 e. The predicted octanol–water partition coefficient (Wildman–Crippen LogP) is 0.713. The minimum absolute atomic E-state index is 0.159. The average Bonchev–Trinajstić information content (AvgIpc) is 2.45. The van der Waals surface area contributed by atoms with E-state index in [0.29, 0.717) is 24.6 Å². The topological polar surface area (TPSA) is 87.3 Å². The Kier molecular flexibility index (Phi) is 6.80. The summed E-state index contributed by atoms with van der Waals surface area (Å²) in [5.41, 5.74) is 0.428. The van der Waals surface area contributed by atoms with Crippen molar-refractivity contribution in [2.75, 3.05) is 20.1 Å².